The summed E-state index contributed by atoms with van der Waals surface area (Å²) in [6.07, 6.45) is 9.44. The molecule has 0 bridgehead atoms. The molecule has 37 heavy (non-hydrogen) atoms. The summed E-state index contributed by atoms with van der Waals surface area (Å²) in [5.41, 5.74) is 11.2. The van der Waals surface area contributed by atoms with Crippen LogP contribution in [-0.2, 0) is 14.9 Å². The first-order valence-corrected chi connectivity index (χ1v) is 14.2. The van der Waals surface area contributed by atoms with E-state index in [1.165, 1.54) is 48.1 Å². The number of unbranched alkanes of at least 4 members (excludes halogenated alkanes) is 6. The third kappa shape index (κ3) is 8.57. The van der Waals surface area contributed by atoms with Crippen molar-refractivity contribution in [1.29, 1.82) is 0 Å². The summed E-state index contributed by atoms with van der Waals surface area (Å²) in [5, 5.41) is 3.62. The van der Waals surface area contributed by atoms with Crippen molar-refractivity contribution in [3.05, 3.63) is 64.0 Å². The van der Waals surface area contributed by atoms with Crippen LogP contribution in [0.15, 0.2) is 52.5 Å². The zero-order chi connectivity index (χ0) is 26.3. The maximum absolute atomic E-state index is 8.37. The average molecular weight is 528 g/mol. The highest BCUT2D eigenvalue weighted by atomic mass is 32.2. The van der Waals surface area contributed by atoms with Crippen LogP contribution < -0.4 is 9.47 Å². The van der Waals surface area contributed by atoms with E-state index in [4.69, 9.17) is 24.5 Å². The van der Waals surface area contributed by atoms with Gasteiger partial charge in [0.1, 0.15) is 11.5 Å². The lowest BCUT2D eigenvalue weighted by Gasteiger charge is -2.43. The van der Waals surface area contributed by atoms with Crippen LogP contribution in [0.1, 0.15) is 75.3 Å². The summed E-state index contributed by atoms with van der Waals surface area (Å²) in [7, 11) is 3.28. The zero-order valence-corrected chi connectivity index (χ0v) is 23.3. The Morgan fingerprint density at radius 2 is 1.51 bits per heavy atom. The predicted molar refractivity (Wildman–Crippen MR) is 150 cm³/mol. The number of benzene rings is 2. The summed E-state index contributed by atoms with van der Waals surface area (Å²) in [4.78, 5) is 4.14. The highest BCUT2D eigenvalue weighted by Crippen LogP contribution is 2.52. The first kappa shape index (κ1) is 29.2. The van der Waals surface area contributed by atoms with Crippen LogP contribution in [0.3, 0.4) is 0 Å². The number of hydrogen-bond acceptors (Lipinski definition) is 6. The second-order valence-electron chi connectivity index (χ2n) is 9.80. The van der Waals surface area contributed by atoms with Crippen LogP contribution in [0.5, 0.6) is 11.5 Å². The molecular weight excluding hydrogens is 486 g/mol. The predicted octanol–water partition coefficient (Wildman–Crippen LogP) is 8.23. The van der Waals surface area contributed by atoms with E-state index in [1.807, 2.05) is 11.8 Å². The molecule has 0 saturated carbocycles. The van der Waals surface area contributed by atoms with Gasteiger partial charge in [0.2, 0.25) is 0 Å². The third-order valence-corrected chi connectivity index (χ3v) is 8.58. The Bertz CT molecular complexity index is 997. The van der Waals surface area contributed by atoms with Crippen molar-refractivity contribution in [2.24, 2.45) is 5.11 Å². The van der Waals surface area contributed by atoms with E-state index in [0.717, 1.165) is 36.5 Å². The topological polar surface area (TPSA) is 85.7 Å². The molecule has 0 saturated heterocycles. The molecule has 2 atom stereocenters. The molecule has 3 rings (SSSR count). The summed E-state index contributed by atoms with van der Waals surface area (Å²) in [5.74, 6) is 3.13. The number of thioether (sulfide) groups is 1. The lowest BCUT2D eigenvalue weighted by Crippen LogP contribution is -2.36. The van der Waals surface area contributed by atoms with E-state index in [-0.39, 0.29) is 19.0 Å². The fourth-order valence-electron chi connectivity index (χ4n) is 5.09. The highest BCUT2D eigenvalue weighted by molar-refractivity contribution is 7.99. The molecule has 0 spiro atoms. The van der Waals surface area contributed by atoms with E-state index in [0.29, 0.717) is 12.5 Å². The SMILES string of the molecule is COCOc1ccc(C2(C)CSc3cc(OCOC)ccc3C2CCCCCCCCCN=[N+]=[N-])cc1. The van der Waals surface area contributed by atoms with Crippen molar-refractivity contribution in [3.63, 3.8) is 0 Å². The van der Waals surface area contributed by atoms with Gasteiger partial charge in [0, 0.05) is 41.7 Å². The minimum absolute atomic E-state index is 0.0214. The fraction of sp³-hybridized carbons (Fsp3) is 0.586. The number of rotatable bonds is 17. The molecule has 8 heteroatoms. The molecular formula is C29H41N3O4S. The van der Waals surface area contributed by atoms with E-state index in [9.17, 15) is 0 Å². The van der Waals surface area contributed by atoms with Crippen molar-refractivity contribution in [3.8, 4) is 11.5 Å². The van der Waals surface area contributed by atoms with Gasteiger partial charge < -0.3 is 18.9 Å². The summed E-state index contributed by atoms with van der Waals surface area (Å²) in [6.45, 7) is 3.54. The van der Waals surface area contributed by atoms with E-state index in [2.05, 4.69) is 59.4 Å². The standard InChI is InChI=1S/C29H41N3O4S/c1-29(23-12-14-24(15-13-23)35-21-33-2)20-37-28-19-25(36-22-34-3)16-17-26(28)27(29)11-9-7-5-4-6-8-10-18-31-32-30/h12-17,19,27H,4-11,18,20-22H2,1-3H3. The molecule has 0 N–H and O–H groups in total. The first-order chi connectivity index (χ1) is 18.1. The summed E-state index contributed by atoms with van der Waals surface area (Å²) in [6, 6.07) is 15.1. The third-order valence-electron chi connectivity index (χ3n) is 7.17. The molecule has 1 aliphatic rings. The van der Waals surface area contributed by atoms with Gasteiger partial charge in [-0.25, -0.2) is 0 Å². The molecule has 7 nitrogen and oxygen atoms in total. The van der Waals surface area contributed by atoms with Gasteiger partial charge >= 0.3 is 0 Å². The van der Waals surface area contributed by atoms with Crippen molar-refractivity contribution in [1.82, 2.24) is 0 Å². The van der Waals surface area contributed by atoms with Gasteiger partial charge in [-0.2, -0.15) is 0 Å². The van der Waals surface area contributed by atoms with Crippen LogP contribution in [0, 0.1) is 0 Å². The maximum atomic E-state index is 8.37. The van der Waals surface area contributed by atoms with Crippen LogP contribution >= 0.6 is 11.8 Å². The second kappa shape index (κ2) is 15.8. The molecule has 0 radical (unpaired) electrons. The molecule has 1 heterocycles. The van der Waals surface area contributed by atoms with Crippen molar-refractivity contribution < 1.29 is 18.9 Å². The van der Waals surface area contributed by atoms with Gasteiger partial charge in [-0.05, 0) is 59.7 Å². The van der Waals surface area contributed by atoms with E-state index < -0.39 is 0 Å². The lowest BCUT2D eigenvalue weighted by atomic mass is 9.68. The summed E-state index contributed by atoms with van der Waals surface area (Å²) >= 11 is 1.92. The number of methoxy groups -OCH3 is 2. The first-order valence-electron chi connectivity index (χ1n) is 13.2. The molecule has 202 valence electrons. The molecule has 0 aliphatic carbocycles. The van der Waals surface area contributed by atoms with E-state index >= 15 is 0 Å². The molecule has 0 fully saturated rings. The van der Waals surface area contributed by atoms with Gasteiger partial charge in [0.25, 0.3) is 0 Å². The lowest BCUT2D eigenvalue weighted by molar-refractivity contribution is 0.0508. The van der Waals surface area contributed by atoms with Crippen molar-refractivity contribution in [2.75, 3.05) is 40.1 Å². The molecule has 2 aromatic rings. The minimum atomic E-state index is 0.0214. The van der Waals surface area contributed by atoms with Crippen LogP contribution in [0.4, 0.5) is 0 Å². The van der Waals surface area contributed by atoms with Gasteiger partial charge in [-0.15, -0.1) is 11.8 Å². The maximum Gasteiger partial charge on any atom is 0.188 e. The Morgan fingerprint density at radius 1 is 0.892 bits per heavy atom. The molecule has 2 aromatic carbocycles. The molecule has 0 amide bonds. The van der Waals surface area contributed by atoms with E-state index in [1.54, 1.807) is 14.2 Å². The molecule has 2 unspecified atom stereocenters. The van der Waals surface area contributed by atoms with Gasteiger partial charge in [-0.1, -0.05) is 68.8 Å². The Hall–Kier alpha value is -2.38. The van der Waals surface area contributed by atoms with Crippen LogP contribution in [0.2, 0.25) is 0 Å². The Kier molecular flexibility index (Phi) is 12.4. The van der Waals surface area contributed by atoms with Gasteiger partial charge in [0.05, 0.1) is 0 Å². The van der Waals surface area contributed by atoms with Gasteiger partial charge in [-0.3, -0.25) is 0 Å². The van der Waals surface area contributed by atoms with Crippen LogP contribution in [-0.4, -0.2) is 40.1 Å². The van der Waals surface area contributed by atoms with Crippen molar-refractivity contribution >= 4 is 11.8 Å². The number of ether oxygens (including phenoxy) is 4. The largest absolute Gasteiger partial charge is 0.468 e. The average Bonchev–Trinajstić information content (AvgIpc) is 2.93. The smallest absolute Gasteiger partial charge is 0.188 e. The Morgan fingerprint density at radius 3 is 2.19 bits per heavy atom. The fourth-order valence-corrected chi connectivity index (χ4v) is 6.49. The molecule has 1 aliphatic heterocycles. The number of azide groups is 1. The number of hydrogen-bond donors (Lipinski definition) is 0. The van der Waals surface area contributed by atoms with Crippen molar-refractivity contribution in [2.45, 2.75) is 74.5 Å². The number of fused-ring (bicyclic) bond motifs is 1. The molecule has 0 aromatic heterocycles. The normalized spacial score (nSPS) is 18.6. The number of nitrogens with zero attached hydrogens (tertiary/aromatic N) is 3. The zero-order valence-electron chi connectivity index (χ0n) is 22.5. The Labute approximate surface area is 225 Å². The monoisotopic (exact) mass is 527 g/mol. The summed E-state index contributed by atoms with van der Waals surface area (Å²) < 4.78 is 21.5. The van der Waals surface area contributed by atoms with Gasteiger partial charge in [0.15, 0.2) is 13.6 Å². The Balaban J connectivity index is 1.68. The highest BCUT2D eigenvalue weighted by Gasteiger charge is 2.41. The second-order valence-corrected chi connectivity index (χ2v) is 10.8. The minimum Gasteiger partial charge on any atom is -0.468 e. The van der Waals surface area contributed by atoms with Crippen LogP contribution in [0.25, 0.3) is 10.4 Å². The quantitative estimate of drug-likeness (QED) is 0.0680.